The molecule has 7 heteroatoms. The topological polar surface area (TPSA) is 85.1 Å². The maximum absolute atomic E-state index is 12.0. The van der Waals surface area contributed by atoms with Gasteiger partial charge in [-0.15, -0.1) is 11.3 Å². The average molecular weight is 291 g/mol. The molecule has 0 aliphatic heterocycles. The number of aryl methyl sites for hydroxylation is 1. The van der Waals surface area contributed by atoms with Crippen LogP contribution in [0.1, 0.15) is 34.0 Å². The van der Waals surface area contributed by atoms with E-state index in [1.165, 1.54) is 35.6 Å². The summed E-state index contributed by atoms with van der Waals surface area (Å²) < 4.78 is 0. The molecule has 0 saturated carbocycles. The fourth-order valence-corrected chi connectivity index (χ4v) is 2.37. The number of nitro groups is 1. The van der Waals surface area contributed by atoms with Crippen LogP contribution in [0.15, 0.2) is 29.6 Å². The Balaban J connectivity index is 2.06. The normalized spacial score (nSPS) is 11.9. The van der Waals surface area contributed by atoms with E-state index in [1.54, 1.807) is 0 Å². The van der Waals surface area contributed by atoms with Crippen molar-refractivity contribution in [3.05, 3.63) is 56.0 Å². The lowest BCUT2D eigenvalue weighted by atomic mass is 10.1. The van der Waals surface area contributed by atoms with E-state index in [-0.39, 0.29) is 17.6 Å². The molecule has 0 saturated heterocycles. The number of nitrogens with one attached hydrogen (secondary N) is 1. The van der Waals surface area contributed by atoms with Gasteiger partial charge in [-0.05, 0) is 26.0 Å². The molecule has 2 rings (SSSR count). The fraction of sp³-hybridized carbons (Fsp3) is 0.231. The van der Waals surface area contributed by atoms with E-state index >= 15 is 0 Å². The van der Waals surface area contributed by atoms with E-state index < -0.39 is 4.92 Å². The number of amides is 1. The highest BCUT2D eigenvalue weighted by molar-refractivity contribution is 7.09. The number of thiazole rings is 1. The van der Waals surface area contributed by atoms with Crippen LogP contribution in [0.3, 0.4) is 0 Å². The number of non-ortho nitro benzene ring substituents is 1. The minimum absolute atomic E-state index is 0.0373. The molecule has 1 amide bonds. The predicted molar refractivity (Wildman–Crippen MR) is 75.8 cm³/mol. The second kappa shape index (κ2) is 5.79. The lowest BCUT2D eigenvalue weighted by Crippen LogP contribution is -2.26. The Morgan fingerprint density at radius 1 is 1.40 bits per heavy atom. The van der Waals surface area contributed by atoms with Crippen molar-refractivity contribution >= 4 is 22.9 Å². The Hall–Kier alpha value is -2.28. The molecule has 0 aliphatic rings. The van der Waals surface area contributed by atoms with E-state index in [2.05, 4.69) is 10.3 Å². The highest BCUT2D eigenvalue weighted by Gasteiger charge is 2.14. The van der Waals surface area contributed by atoms with Gasteiger partial charge in [0.2, 0.25) is 0 Å². The Morgan fingerprint density at radius 2 is 2.05 bits per heavy atom. The number of nitro benzene ring substituents is 1. The van der Waals surface area contributed by atoms with E-state index in [0.29, 0.717) is 5.56 Å². The second-order valence-corrected chi connectivity index (χ2v) is 5.35. The average Bonchev–Trinajstić information content (AvgIpc) is 2.85. The highest BCUT2D eigenvalue weighted by atomic mass is 32.1. The molecule has 1 atom stereocenters. The van der Waals surface area contributed by atoms with Crippen molar-refractivity contribution in [1.82, 2.24) is 10.3 Å². The van der Waals surface area contributed by atoms with Crippen LogP contribution in [-0.2, 0) is 0 Å². The number of hydrogen-bond donors (Lipinski definition) is 1. The number of aromatic nitrogens is 1. The van der Waals surface area contributed by atoms with Crippen LogP contribution in [-0.4, -0.2) is 15.8 Å². The molecule has 20 heavy (non-hydrogen) atoms. The zero-order valence-electron chi connectivity index (χ0n) is 11.0. The maximum Gasteiger partial charge on any atom is 0.269 e. The van der Waals surface area contributed by atoms with Gasteiger partial charge in [-0.3, -0.25) is 14.9 Å². The first-order valence-corrected chi connectivity index (χ1v) is 6.82. The van der Waals surface area contributed by atoms with Crippen LogP contribution >= 0.6 is 11.3 Å². The van der Waals surface area contributed by atoms with Crippen LogP contribution < -0.4 is 5.32 Å². The fourth-order valence-electron chi connectivity index (χ4n) is 1.67. The second-order valence-electron chi connectivity index (χ2n) is 4.29. The van der Waals surface area contributed by atoms with E-state index in [4.69, 9.17) is 0 Å². The molecule has 1 N–H and O–H groups in total. The third-order valence-electron chi connectivity index (χ3n) is 2.77. The third kappa shape index (κ3) is 3.18. The largest absolute Gasteiger partial charge is 0.344 e. The summed E-state index contributed by atoms with van der Waals surface area (Å²) in [6, 6.07) is 5.29. The summed E-state index contributed by atoms with van der Waals surface area (Å²) in [5.74, 6) is -0.280. The lowest BCUT2D eigenvalue weighted by Gasteiger charge is -2.11. The van der Waals surface area contributed by atoms with Crippen molar-refractivity contribution in [3.8, 4) is 0 Å². The standard InChI is InChI=1S/C13H13N3O3S/c1-8(12-7-20-9(2)15-12)14-13(17)10-3-5-11(6-4-10)16(18)19/h3-8H,1-2H3,(H,14,17). The molecule has 6 nitrogen and oxygen atoms in total. The van der Waals surface area contributed by atoms with Gasteiger partial charge in [-0.25, -0.2) is 4.98 Å². The highest BCUT2D eigenvalue weighted by Crippen LogP contribution is 2.17. The number of hydrogen-bond acceptors (Lipinski definition) is 5. The Bertz CT molecular complexity index is 637. The number of carbonyl (C=O) groups excluding carboxylic acids is 1. The summed E-state index contributed by atoms with van der Waals surface area (Å²) in [5, 5.41) is 16.2. The zero-order chi connectivity index (χ0) is 14.7. The van der Waals surface area contributed by atoms with Crippen molar-refractivity contribution < 1.29 is 9.72 Å². The first kappa shape index (κ1) is 14.1. The van der Waals surface area contributed by atoms with E-state index in [0.717, 1.165) is 10.7 Å². The molecule has 0 fully saturated rings. The molecule has 0 bridgehead atoms. The van der Waals surface area contributed by atoms with Crippen molar-refractivity contribution in [2.75, 3.05) is 0 Å². The smallest absolute Gasteiger partial charge is 0.269 e. The molecule has 1 unspecified atom stereocenters. The number of carbonyl (C=O) groups is 1. The SMILES string of the molecule is Cc1nc(C(C)NC(=O)c2ccc([N+](=O)[O-])cc2)cs1. The molecule has 0 aliphatic carbocycles. The molecule has 104 valence electrons. The molecule has 1 aromatic heterocycles. The van der Waals surface area contributed by atoms with Gasteiger partial charge in [-0.1, -0.05) is 0 Å². The van der Waals surface area contributed by atoms with E-state index in [9.17, 15) is 14.9 Å². The summed E-state index contributed by atoms with van der Waals surface area (Å²) in [7, 11) is 0. The van der Waals surface area contributed by atoms with Gasteiger partial charge in [0.15, 0.2) is 0 Å². The number of benzene rings is 1. The minimum atomic E-state index is -0.498. The van der Waals surface area contributed by atoms with Crippen molar-refractivity contribution in [3.63, 3.8) is 0 Å². The zero-order valence-corrected chi connectivity index (χ0v) is 11.8. The predicted octanol–water partition coefficient (Wildman–Crippen LogP) is 2.85. The van der Waals surface area contributed by atoms with Gasteiger partial charge in [-0.2, -0.15) is 0 Å². The molecular formula is C13H13N3O3S. The molecular weight excluding hydrogens is 278 g/mol. The third-order valence-corrected chi connectivity index (χ3v) is 3.56. The van der Waals surface area contributed by atoms with Gasteiger partial charge in [0.25, 0.3) is 11.6 Å². The molecule has 1 heterocycles. The summed E-state index contributed by atoms with van der Waals surface area (Å²) in [5.41, 5.74) is 1.15. The quantitative estimate of drug-likeness (QED) is 0.693. The Kier molecular flexibility index (Phi) is 4.09. The van der Waals surface area contributed by atoms with Crippen molar-refractivity contribution in [2.45, 2.75) is 19.9 Å². The first-order valence-electron chi connectivity index (χ1n) is 5.94. The van der Waals surface area contributed by atoms with Gasteiger partial charge in [0.05, 0.1) is 21.7 Å². The van der Waals surface area contributed by atoms with Gasteiger partial charge >= 0.3 is 0 Å². The minimum Gasteiger partial charge on any atom is -0.344 e. The molecule has 1 aromatic carbocycles. The lowest BCUT2D eigenvalue weighted by molar-refractivity contribution is -0.384. The van der Waals surface area contributed by atoms with Crippen LogP contribution in [0.2, 0.25) is 0 Å². The maximum atomic E-state index is 12.0. The van der Waals surface area contributed by atoms with E-state index in [1.807, 2.05) is 19.2 Å². The number of nitrogens with zero attached hydrogens (tertiary/aromatic N) is 2. The summed E-state index contributed by atoms with van der Waals surface area (Å²) >= 11 is 1.52. The van der Waals surface area contributed by atoms with Crippen molar-refractivity contribution in [2.24, 2.45) is 0 Å². The first-order chi connectivity index (χ1) is 9.47. The van der Waals surface area contributed by atoms with Gasteiger partial charge < -0.3 is 5.32 Å². The van der Waals surface area contributed by atoms with Gasteiger partial charge in [0.1, 0.15) is 0 Å². The molecule has 0 spiro atoms. The van der Waals surface area contributed by atoms with Crippen LogP contribution in [0.25, 0.3) is 0 Å². The summed E-state index contributed by atoms with van der Waals surface area (Å²) in [6.45, 7) is 3.75. The molecule has 0 radical (unpaired) electrons. The Labute approximate surface area is 119 Å². The van der Waals surface area contributed by atoms with Gasteiger partial charge in [0, 0.05) is 23.1 Å². The summed E-state index contributed by atoms with van der Waals surface area (Å²) in [6.07, 6.45) is 0. The van der Waals surface area contributed by atoms with Crippen LogP contribution in [0.4, 0.5) is 5.69 Å². The molecule has 2 aromatic rings. The van der Waals surface area contributed by atoms with Crippen LogP contribution in [0.5, 0.6) is 0 Å². The number of rotatable bonds is 4. The van der Waals surface area contributed by atoms with Crippen molar-refractivity contribution in [1.29, 1.82) is 0 Å². The monoisotopic (exact) mass is 291 g/mol. The summed E-state index contributed by atoms with van der Waals surface area (Å²) in [4.78, 5) is 26.4. The Morgan fingerprint density at radius 3 is 2.55 bits per heavy atom. The van der Waals surface area contributed by atoms with Crippen LogP contribution in [0, 0.1) is 17.0 Å².